The molecule has 1 N–H and O–H groups in total. The third-order valence-electron chi connectivity index (χ3n) is 5.06. The molecular formula is C17H25N3O5S. The van der Waals surface area contributed by atoms with E-state index in [-0.39, 0.29) is 16.6 Å². The van der Waals surface area contributed by atoms with E-state index < -0.39 is 14.9 Å². The second-order valence-corrected chi connectivity index (χ2v) is 8.84. The molecule has 0 spiro atoms. The van der Waals surface area contributed by atoms with Crippen LogP contribution < -0.4 is 9.79 Å². The van der Waals surface area contributed by atoms with Crippen molar-refractivity contribution >= 4 is 21.4 Å². The topological polar surface area (TPSA) is 102 Å². The van der Waals surface area contributed by atoms with E-state index in [1.807, 2.05) is 0 Å². The number of sulfonamides is 1. The zero-order valence-electron chi connectivity index (χ0n) is 14.9. The molecular weight excluding hydrogens is 358 g/mol. The maximum atomic E-state index is 12.7. The molecule has 8 nitrogen and oxygen atoms in total. The first-order valence-electron chi connectivity index (χ1n) is 9.08. The van der Waals surface area contributed by atoms with Crippen molar-refractivity contribution in [1.82, 2.24) is 4.72 Å². The molecule has 1 saturated carbocycles. The molecule has 144 valence electrons. The van der Waals surface area contributed by atoms with E-state index in [2.05, 4.69) is 11.6 Å². The fraction of sp³-hybridized carbons (Fsp3) is 0.647. The van der Waals surface area contributed by atoms with E-state index in [4.69, 9.17) is 4.84 Å². The summed E-state index contributed by atoms with van der Waals surface area (Å²) in [5.41, 5.74) is 0.0344. The van der Waals surface area contributed by atoms with E-state index in [0.717, 1.165) is 44.6 Å². The lowest BCUT2D eigenvalue weighted by atomic mass is 9.88. The number of rotatable bonds is 5. The van der Waals surface area contributed by atoms with Gasteiger partial charge in [-0.2, -0.15) is 0 Å². The predicted octanol–water partition coefficient (Wildman–Crippen LogP) is 2.98. The summed E-state index contributed by atoms with van der Waals surface area (Å²) in [6.45, 7) is 3.21. The van der Waals surface area contributed by atoms with Gasteiger partial charge in [0.1, 0.15) is 5.69 Å². The van der Waals surface area contributed by atoms with E-state index in [9.17, 15) is 18.5 Å². The first-order chi connectivity index (χ1) is 12.4. The van der Waals surface area contributed by atoms with Crippen molar-refractivity contribution in [3.05, 3.63) is 28.3 Å². The second-order valence-electron chi connectivity index (χ2n) is 7.13. The summed E-state index contributed by atoms with van der Waals surface area (Å²) in [6.07, 6.45) is 5.33. The summed E-state index contributed by atoms with van der Waals surface area (Å²) in [7, 11) is -3.79. The number of benzene rings is 1. The van der Waals surface area contributed by atoms with Gasteiger partial charge in [-0.3, -0.25) is 15.0 Å². The highest BCUT2D eigenvalue weighted by molar-refractivity contribution is 7.89. The zero-order chi connectivity index (χ0) is 18.7. The minimum atomic E-state index is -3.79. The van der Waals surface area contributed by atoms with Crippen LogP contribution in [0.3, 0.4) is 0 Å². The molecule has 1 heterocycles. The SMILES string of the molecule is CC1CCC(NS(=O)(=O)c2ccc(N3CCCCO3)c([N+](=O)[O-])c2)CC1. The van der Waals surface area contributed by atoms with Crippen molar-refractivity contribution < 1.29 is 18.2 Å². The number of nitrogens with one attached hydrogen (secondary N) is 1. The molecule has 2 fully saturated rings. The van der Waals surface area contributed by atoms with Crippen LogP contribution in [0.2, 0.25) is 0 Å². The van der Waals surface area contributed by atoms with Crippen molar-refractivity contribution in [3.8, 4) is 0 Å². The largest absolute Gasteiger partial charge is 0.296 e. The Morgan fingerprint density at radius 1 is 1.23 bits per heavy atom. The Bertz CT molecular complexity index is 754. The molecule has 3 rings (SSSR count). The molecule has 0 bridgehead atoms. The fourth-order valence-corrected chi connectivity index (χ4v) is 4.80. The highest BCUT2D eigenvalue weighted by Gasteiger charge is 2.28. The average molecular weight is 383 g/mol. The van der Waals surface area contributed by atoms with Crippen molar-refractivity contribution in [3.63, 3.8) is 0 Å². The van der Waals surface area contributed by atoms with E-state index in [0.29, 0.717) is 24.8 Å². The van der Waals surface area contributed by atoms with E-state index in [1.165, 1.54) is 17.2 Å². The second kappa shape index (κ2) is 7.89. The third kappa shape index (κ3) is 4.33. The Balaban J connectivity index is 1.82. The Morgan fingerprint density at radius 3 is 2.58 bits per heavy atom. The van der Waals surface area contributed by atoms with Gasteiger partial charge in [0.25, 0.3) is 5.69 Å². The molecule has 1 saturated heterocycles. The highest BCUT2D eigenvalue weighted by atomic mass is 32.2. The fourth-order valence-electron chi connectivity index (χ4n) is 3.48. The molecule has 1 aromatic rings. The van der Waals surface area contributed by atoms with Gasteiger partial charge in [-0.1, -0.05) is 6.92 Å². The summed E-state index contributed by atoms with van der Waals surface area (Å²) in [4.78, 5) is 16.3. The van der Waals surface area contributed by atoms with E-state index in [1.54, 1.807) is 0 Å². The van der Waals surface area contributed by atoms with Crippen LogP contribution in [-0.4, -0.2) is 32.5 Å². The minimum absolute atomic E-state index is 0.0800. The molecule has 26 heavy (non-hydrogen) atoms. The van der Waals surface area contributed by atoms with Crippen molar-refractivity contribution in [2.24, 2.45) is 5.92 Å². The minimum Gasteiger partial charge on any atom is -0.273 e. The van der Waals surface area contributed by atoms with Crippen LogP contribution in [0.25, 0.3) is 0 Å². The van der Waals surface area contributed by atoms with Gasteiger partial charge in [0.05, 0.1) is 16.4 Å². The summed E-state index contributed by atoms with van der Waals surface area (Å²) in [5, 5.41) is 13.0. The standard InChI is InChI=1S/C17H25N3O5S/c1-13-4-6-14(7-5-13)18-26(23,24)15-8-9-16(17(12-15)20(21)22)19-10-2-3-11-25-19/h8-9,12-14,18H,2-7,10-11H2,1H3. The van der Waals surface area contributed by atoms with Crippen molar-refractivity contribution in [2.45, 2.75) is 56.4 Å². The molecule has 0 aromatic heterocycles. The van der Waals surface area contributed by atoms with Gasteiger partial charge < -0.3 is 0 Å². The van der Waals surface area contributed by atoms with Gasteiger partial charge >= 0.3 is 0 Å². The first-order valence-corrected chi connectivity index (χ1v) is 10.6. The lowest BCUT2D eigenvalue weighted by Crippen LogP contribution is -2.37. The Labute approximate surface area is 153 Å². The maximum Gasteiger partial charge on any atom is 0.296 e. The van der Waals surface area contributed by atoms with Crippen LogP contribution in [0, 0.1) is 16.0 Å². The smallest absolute Gasteiger partial charge is 0.273 e. The number of hydroxylamine groups is 1. The predicted molar refractivity (Wildman–Crippen MR) is 97.4 cm³/mol. The third-order valence-corrected chi connectivity index (χ3v) is 6.58. The average Bonchev–Trinajstić information content (AvgIpc) is 2.63. The Morgan fingerprint density at radius 2 is 1.96 bits per heavy atom. The normalized spacial score (nSPS) is 24.4. The molecule has 0 radical (unpaired) electrons. The van der Waals surface area contributed by atoms with E-state index >= 15 is 0 Å². The molecule has 9 heteroatoms. The summed E-state index contributed by atoms with van der Waals surface area (Å²) in [6, 6.07) is 3.89. The van der Waals surface area contributed by atoms with Gasteiger partial charge in [-0.25, -0.2) is 18.2 Å². The molecule has 0 amide bonds. The number of anilines is 1. The molecule has 1 aliphatic carbocycles. The van der Waals surface area contributed by atoms with Gasteiger partial charge in [0.15, 0.2) is 0 Å². The Kier molecular flexibility index (Phi) is 5.79. The lowest BCUT2D eigenvalue weighted by molar-refractivity contribution is -0.384. The number of nitrogens with zero attached hydrogens (tertiary/aromatic N) is 2. The lowest BCUT2D eigenvalue weighted by Gasteiger charge is -2.28. The zero-order valence-corrected chi connectivity index (χ0v) is 15.7. The van der Waals surface area contributed by atoms with Gasteiger partial charge in [-0.05, 0) is 56.6 Å². The maximum absolute atomic E-state index is 12.7. The molecule has 1 aliphatic heterocycles. The van der Waals surface area contributed by atoms with Gasteiger partial charge in [0.2, 0.25) is 10.0 Å². The number of hydrogen-bond donors (Lipinski definition) is 1. The van der Waals surface area contributed by atoms with Crippen LogP contribution in [-0.2, 0) is 14.9 Å². The van der Waals surface area contributed by atoms with Gasteiger partial charge in [-0.15, -0.1) is 0 Å². The van der Waals surface area contributed by atoms with Crippen LogP contribution >= 0.6 is 0 Å². The van der Waals surface area contributed by atoms with Crippen molar-refractivity contribution in [2.75, 3.05) is 18.2 Å². The number of nitro groups is 1. The van der Waals surface area contributed by atoms with Crippen LogP contribution in [0.4, 0.5) is 11.4 Å². The van der Waals surface area contributed by atoms with Crippen LogP contribution in [0.5, 0.6) is 0 Å². The summed E-state index contributed by atoms with van der Waals surface area (Å²) < 4.78 is 28.0. The highest BCUT2D eigenvalue weighted by Crippen LogP contribution is 2.33. The van der Waals surface area contributed by atoms with Crippen molar-refractivity contribution in [1.29, 1.82) is 0 Å². The molecule has 1 aromatic carbocycles. The number of hydrogen-bond acceptors (Lipinski definition) is 6. The molecule has 0 atom stereocenters. The van der Waals surface area contributed by atoms with Gasteiger partial charge in [0, 0.05) is 18.7 Å². The van der Waals surface area contributed by atoms with Crippen LogP contribution in [0.1, 0.15) is 45.4 Å². The first kappa shape index (κ1) is 19.1. The monoisotopic (exact) mass is 383 g/mol. The number of nitro benzene ring substituents is 1. The summed E-state index contributed by atoms with van der Waals surface area (Å²) >= 11 is 0. The Hall–Kier alpha value is -1.71. The van der Waals surface area contributed by atoms with Crippen LogP contribution in [0.15, 0.2) is 23.1 Å². The molecule has 2 aliphatic rings. The summed E-state index contributed by atoms with van der Waals surface area (Å²) in [5.74, 6) is 0.612. The quantitative estimate of drug-likeness (QED) is 0.619. The molecule has 0 unspecified atom stereocenters.